The first-order valence-corrected chi connectivity index (χ1v) is 14.7. The number of halogens is 1. The van der Waals surface area contributed by atoms with Gasteiger partial charge in [-0.25, -0.2) is 4.39 Å². The van der Waals surface area contributed by atoms with Gasteiger partial charge in [0.25, 0.3) is 0 Å². The minimum absolute atomic E-state index is 0.125. The Bertz CT molecular complexity index is 1670. The Balaban J connectivity index is 1.43. The van der Waals surface area contributed by atoms with Crippen molar-refractivity contribution in [3.05, 3.63) is 60.3 Å². The number of likely N-dealkylation sites (tertiary alicyclic amines) is 1. The summed E-state index contributed by atoms with van der Waals surface area (Å²) in [6, 6.07) is 13.8. The average Bonchev–Trinajstić information content (AvgIpc) is 3.64. The van der Waals surface area contributed by atoms with Crippen LogP contribution in [0.25, 0.3) is 32.1 Å². The van der Waals surface area contributed by atoms with Gasteiger partial charge >= 0.3 is 6.01 Å². The summed E-state index contributed by atoms with van der Waals surface area (Å²) in [6.07, 6.45) is 3.57. The van der Waals surface area contributed by atoms with E-state index in [1.165, 1.54) is 6.08 Å². The zero-order chi connectivity index (χ0) is 28.5. The average molecular weight is 571 g/mol. The molecule has 0 spiro atoms. The standard InChI is InChI=1S/C31H31FN6O2S/c1-3-26(39)38-16-15-37(18-21(38)11-13-33)30-25-10-9-23(24-8-4-6-20-12-17-41-29(20)24)27(32)28(25)34-31(35-30)40-19-22-7-5-14-36(22)2/h3-4,6,8-10,12,17,21-22H,1,5,7,11,14-16,18-19H2,2H3. The molecule has 2 aromatic carbocycles. The summed E-state index contributed by atoms with van der Waals surface area (Å²) >= 11 is 1.58. The summed E-state index contributed by atoms with van der Waals surface area (Å²) in [4.78, 5) is 27.8. The molecule has 0 N–H and O–H groups in total. The molecular formula is C31H31FN6O2S. The molecule has 2 saturated heterocycles. The van der Waals surface area contributed by atoms with E-state index in [4.69, 9.17) is 9.72 Å². The molecular weight excluding hydrogens is 539 g/mol. The summed E-state index contributed by atoms with van der Waals surface area (Å²) in [7, 11) is 2.07. The third-order valence-electron chi connectivity index (χ3n) is 8.18. The van der Waals surface area contributed by atoms with Crippen molar-refractivity contribution in [1.29, 1.82) is 5.26 Å². The third kappa shape index (κ3) is 5.11. The number of nitrogens with zero attached hydrogens (tertiary/aromatic N) is 6. The van der Waals surface area contributed by atoms with Crippen LogP contribution in [0, 0.1) is 17.1 Å². The van der Waals surface area contributed by atoms with Crippen molar-refractivity contribution >= 4 is 44.1 Å². The van der Waals surface area contributed by atoms with Crippen molar-refractivity contribution in [2.75, 3.05) is 44.7 Å². The van der Waals surface area contributed by atoms with Gasteiger partial charge in [-0.3, -0.25) is 4.79 Å². The van der Waals surface area contributed by atoms with E-state index in [1.807, 2.05) is 40.6 Å². The fourth-order valence-corrected chi connectivity index (χ4v) is 6.87. The molecule has 4 aromatic rings. The number of rotatable bonds is 7. The monoisotopic (exact) mass is 570 g/mol. The summed E-state index contributed by atoms with van der Waals surface area (Å²) < 4.78 is 23.6. The molecule has 2 unspecified atom stereocenters. The SMILES string of the molecule is C=CC(=O)N1CCN(c2nc(OCC3CCCN3C)nc3c(F)c(-c4cccc5ccsc45)ccc23)CC1CC#N. The van der Waals surface area contributed by atoms with E-state index >= 15 is 4.39 Å². The zero-order valence-corrected chi connectivity index (χ0v) is 23.7. The van der Waals surface area contributed by atoms with Gasteiger partial charge in [-0.1, -0.05) is 30.8 Å². The number of hydrogen-bond acceptors (Lipinski definition) is 8. The molecule has 41 heavy (non-hydrogen) atoms. The third-order valence-corrected chi connectivity index (χ3v) is 9.14. The van der Waals surface area contributed by atoms with Crippen LogP contribution >= 0.6 is 11.3 Å². The maximum atomic E-state index is 16.5. The number of carbonyl (C=O) groups excluding carboxylic acids is 1. The normalized spacial score (nSPS) is 19.5. The van der Waals surface area contributed by atoms with Gasteiger partial charge < -0.3 is 19.4 Å². The second-order valence-electron chi connectivity index (χ2n) is 10.6. The molecule has 4 heterocycles. The number of thiophene rings is 1. The fourth-order valence-electron chi connectivity index (χ4n) is 5.94. The van der Waals surface area contributed by atoms with Crippen LogP contribution in [0.15, 0.2) is 54.4 Å². The van der Waals surface area contributed by atoms with Crippen LogP contribution < -0.4 is 9.64 Å². The predicted molar refractivity (Wildman–Crippen MR) is 160 cm³/mol. The molecule has 0 saturated carbocycles. The number of aromatic nitrogens is 2. The summed E-state index contributed by atoms with van der Waals surface area (Å²) in [5, 5.41) is 13.1. The Morgan fingerprint density at radius 1 is 1.20 bits per heavy atom. The summed E-state index contributed by atoms with van der Waals surface area (Å²) in [5.41, 5.74) is 1.48. The number of hydrogen-bond donors (Lipinski definition) is 0. The van der Waals surface area contributed by atoms with Gasteiger partial charge in [0.2, 0.25) is 5.91 Å². The van der Waals surface area contributed by atoms with Crippen molar-refractivity contribution in [2.24, 2.45) is 0 Å². The van der Waals surface area contributed by atoms with Gasteiger partial charge in [0.15, 0.2) is 5.82 Å². The highest BCUT2D eigenvalue weighted by molar-refractivity contribution is 7.17. The van der Waals surface area contributed by atoms with Gasteiger partial charge in [0.05, 0.1) is 18.5 Å². The number of nitriles is 1. The Morgan fingerprint density at radius 2 is 2.07 bits per heavy atom. The lowest BCUT2D eigenvalue weighted by molar-refractivity contribution is -0.128. The lowest BCUT2D eigenvalue weighted by atomic mass is 10.0. The first kappa shape index (κ1) is 27.1. The first-order chi connectivity index (χ1) is 20.0. The van der Waals surface area contributed by atoms with Crippen LogP contribution in [0.3, 0.4) is 0 Å². The van der Waals surface area contributed by atoms with E-state index in [-0.39, 0.29) is 35.9 Å². The number of fused-ring (bicyclic) bond motifs is 2. The van der Waals surface area contributed by atoms with E-state index in [2.05, 4.69) is 29.6 Å². The summed E-state index contributed by atoms with van der Waals surface area (Å²) in [6.45, 7) is 6.27. The van der Waals surface area contributed by atoms with Crippen LogP contribution in [-0.4, -0.2) is 77.6 Å². The van der Waals surface area contributed by atoms with Crippen LogP contribution in [0.2, 0.25) is 0 Å². The van der Waals surface area contributed by atoms with E-state index in [1.54, 1.807) is 22.3 Å². The van der Waals surface area contributed by atoms with Crippen LogP contribution in [0.4, 0.5) is 10.2 Å². The molecule has 0 radical (unpaired) electrons. The number of benzene rings is 2. The van der Waals surface area contributed by atoms with Crippen molar-refractivity contribution in [3.8, 4) is 23.2 Å². The van der Waals surface area contributed by atoms with Gasteiger partial charge in [0, 0.05) is 46.9 Å². The smallest absolute Gasteiger partial charge is 0.319 e. The number of carbonyl (C=O) groups is 1. The van der Waals surface area contributed by atoms with Crippen molar-refractivity contribution in [1.82, 2.24) is 19.8 Å². The lowest BCUT2D eigenvalue weighted by Gasteiger charge is -2.41. The largest absolute Gasteiger partial charge is 0.462 e. The zero-order valence-electron chi connectivity index (χ0n) is 22.9. The topological polar surface area (TPSA) is 85.6 Å². The Kier molecular flexibility index (Phi) is 7.56. The van der Waals surface area contributed by atoms with E-state index in [0.29, 0.717) is 43.0 Å². The first-order valence-electron chi connectivity index (χ1n) is 13.8. The Morgan fingerprint density at radius 3 is 2.85 bits per heavy atom. The van der Waals surface area contributed by atoms with E-state index in [0.717, 1.165) is 35.0 Å². The van der Waals surface area contributed by atoms with Crippen molar-refractivity contribution in [3.63, 3.8) is 0 Å². The van der Waals surface area contributed by atoms with Gasteiger partial charge in [-0.05, 0) is 55.4 Å². The highest BCUT2D eigenvalue weighted by Gasteiger charge is 2.32. The second-order valence-corrected chi connectivity index (χ2v) is 11.5. The molecule has 10 heteroatoms. The Hall–Kier alpha value is -4.07. The summed E-state index contributed by atoms with van der Waals surface area (Å²) in [5.74, 6) is -0.0947. The van der Waals surface area contributed by atoms with Crippen LogP contribution in [-0.2, 0) is 4.79 Å². The lowest BCUT2D eigenvalue weighted by Crippen LogP contribution is -2.55. The van der Waals surface area contributed by atoms with Gasteiger partial charge in [0.1, 0.15) is 17.9 Å². The number of amides is 1. The maximum Gasteiger partial charge on any atom is 0.319 e. The maximum absolute atomic E-state index is 16.5. The van der Waals surface area contributed by atoms with Gasteiger partial charge in [-0.15, -0.1) is 11.3 Å². The highest BCUT2D eigenvalue weighted by Crippen LogP contribution is 2.38. The molecule has 1 amide bonds. The number of anilines is 1. The second kappa shape index (κ2) is 11.4. The number of likely N-dealkylation sites (N-methyl/N-ethyl adjacent to an activating group) is 1. The molecule has 2 aliphatic heterocycles. The number of piperazine rings is 1. The molecule has 8 nitrogen and oxygen atoms in total. The van der Waals surface area contributed by atoms with Crippen LogP contribution in [0.5, 0.6) is 6.01 Å². The molecule has 2 fully saturated rings. The number of ether oxygens (including phenoxy) is 1. The molecule has 0 aliphatic carbocycles. The van der Waals surface area contributed by atoms with Crippen molar-refractivity contribution < 1.29 is 13.9 Å². The minimum atomic E-state index is -0.427. The quantitative estimate of drug-likeness (QED) is 0.281. The highest BCUT2D eigenvalue weighted by atomic mass is 32.1. The van der Waals surface area contributed by atoms with E-state index in [9.17, 15) is 10.1 Å². The molecule has 2 aromatic heterocycles. The van der Waals surface area contributed by atoms with Crippen LogP contribution in [0.1, 0.15) is 19.3 Å². The molecule has 0 bridgehead atoms. The fraction of sp³-hybridized carbons (Fsp3) is 0.355. The molecule has 210 valence electrons. The van der Waals surface area contributed by atoms with E-state index < -0.39 is 5.82 Å². The van der Waals surface area contributed by atoms with Crippen molar-refractivity contribution in [2.45, 2.75) is 31.3 Å². The predicted octanol–water partition coefficient (Wildman–Crippen LogP) is 5.24. The van der Waals surface area contributed by atoms with Gasteiger partial charge in [-0.2, -0.15) is 15.2 Å². The Labute approximate surface area is 242 Å². The molecule has 6 rings (SSSR count). The minimum Gasteiger partial charge on any atom is -0.462 e. The molecule has 2 aliphatic rings. The molecule has 2 atom stereocenters.